The Labute approximate surface area is 162 Å². The molecule has 1 heterocycles. The fraction of sp³-hybridized carbons (Fsp3) is 0.300. The van der Waals surface area contributed by atoms with Crippen LogP contribution in [0.15, 0.2) is 36.4 Å². The van der Waals surface area contributed by atoms with Crippen molar-refractivity contribution in [3.8, 4) is 11.5 Å². The number of carbonyl (C=O) groups excluding carboxylic acids is 2. The Morgan fingerprint density at radius 3 is 2.70 bits per heavy atom. The summed E-state index contributed by atoms with van der Waals surface area (Å²) in [5.41, 5.74) is 0.729. The first-order chi connectivity index (χ1) is 12.7. The molecule has 2 aromatic rings. The smallest absolute Gasteiger partial charge is 0.270 e. The molecule has 0 aromatic heterocycles. The number of anilines is 2. The summed E-state index contributed by atoms with van der Waals surface area (Å²) in [5, 5.41) is 13.1. The quantitative estimate of drug-likeness (QED) is 0.779. The number of carbonyl (C=O) groups is 2. The van der Waals surface area contributed by atoms with Crippen LogP contribution in [-0.2, 0) is 9.59 Å². The highest BCUT2D eigenvalue weighted by Gasteiger charge is 2.40. The Bertz CT molecular complexity index is 911. The molecule has 0 atom stereocenters. The summed E-state index contributed by atoms with van der Waals surface area (Å²) >= 11 is 6.06. The van der Waals surface area contributed by atoms with Gasteiger partial charge in [0.1, 0.15) is 11.5 Å². The van der Waals surface area contributed by atoms with Gasteiger partial charge in [-0.25, -0.2) is 0 Å². The van der Waals surface area contributed by atoms with Gasteiger partial charge >= 0.3 is 0 Å². The average molecular weight is 389 g/mol. The molecule has 0 unspecified atom stereocenters. The molecule has 0 saturated heterocycles. The summed E-state index contributed by atoms with van der Waals surface area (Å²) in [6.07, 6.45) is 0.0566. The maximum Gasteiger partial charge on any atom is 0.270 e. The summed E-state index contributed by atoms with van der Waals surface area (Å²) in [5.74, 6) is -0.0114. The zero-order valence-corrected chi connectivity index (χ0v) is 16.1. The number of ether oxygens (including phenoxy) is 1. The van der Waals surface area contributed by atoms with Crippen molar-refractivity contribution in [2.45, 2.75) is 32.8 Å². The van der Waals surface area contributed by atoms with Crippen molar-refractivity contribution in [2.24, 2.45) is 0 Å². The van der Waals surface area contributed by atoms with Crippen LogP contribution in [0.4, 0.5) is 11.4 Å². The fourth-order valence-corrected chi connectivity index (χ4v) is 3.10. The molecule has 0 radical (unpaired) electrons. The number of aryl methyl sites for hydroxylation is 1. The van der Waals surface area contributed by atoms with E-state index in [1.54, 1.807) is 50.2 Å². The van der Waals surface area contributed by atoms with Crippen molar-refractivity contribution in [1.29, 1.82) is 0 Å². The summed E-state index contributed by atoms with van der Waals surface area (Å²) in [4.78, 5) is 26.6. The van der Waals surface area contributed by atoms with Crippen LogP contribution in [0.1, 0.15) is 25.8 Å². The molecule has 3 rings (SSSR count). The maximum absolute atomic E-state index is 12.8. The van der Waals surface area contributed by atoms with E-state index in [0.717, 1.165) is 5.56 Å². The molecule has 0 bridgehead atoms. The van der Waals surface area contributed by atoms with Crippen molar-refractivity contribution < 1.29 is 19.4 Å². The molecule has 6 nitrogen and oxygen atoms in total. The summed E-state index contributed by atoms with van der Waals surface area (Å²) in [6, 6.07) is 10.1. The molecular weight excluding hydrogens is 368 g/mol. The van der Waals surface area contributed by atoms with E-state index in [2.05, 4.69) is 5.32 Å². The Hall–Kier alpha value is -2.73. The molecule has 2 aromatic carbocycles. The van der Waals surface area contributed by atoms with Gasteiger partial charge in [-0.3, -0.25) is 9.59 Å². The molecular formula is C20H21ClN2O4. The highest BCUT2D eigenvalue weighted by molar-refractivity contribution is 6.31. The second kappa shape index (κ2) is 7.12. The number of amides is 2. The molecule has 7 heteroatoms. The molecule has 142 valence electrons. The molecule has 2 N–H and O–H groups in total. The number of aromatic hydroxyl groups is 1. The number of nitrogens with zero attached hydrogens (tertiary/aromatic N) is 1. The Kier molecular flexibility index (Phi) is 5.02. The molecule has 0 spiro atoms. The monoisotopic (exact) mass is 388 g/mol. The minimum Gasteiger partial charge on any atom is -0.506 e. The molecule has 2 amide bonds. The molecule has 27 heavy (non-hydrogen) atoms. The van der Waals surface area contributed by atoms with Crippen LogP contribution in [0, 0.1) is 6.92 Å². The van der Waals surface area contributed by atoms with E-state index in [4.69, 9.17) is 16.3 Å². The fourth-order valence-electron chi connectivity index (χ4n) is 2.94. The van der Waals surface area contributed by atoms with E-state index in [9.17, 15) is 14.7 Å². The zero-order valence-electron chi connectivity index (χ0n) is 15.4. The standard InChI is InChI=1S/C20H21ClN2O4/c1-12-4-6-14(16(24)10-12)22-18(25)8-9-23-15-11-13(21)5-7-17(15)27-20(2,3)19(23)26/h4-7,10-11,24H,8-9H2,1-3H3,(H,22,25). The molecule has 0 fully saturated rings. The van der Waals surface area contributed by atoms with Crippen LogP contribution in [0.25, 0.3) is 0 Å². The van der Waals surface area contributed by atoms with Crippen LogP contribution in [-0.4, -0.2) is 29.1 Å². The Morgan fingerprint density at radius 1 is 1.26 bits per heavy atom. The number of rotatable bonds is 4. The first-order valence-electron chi connectivity index (χ1n) is 8.57. The van der Waals surface area contributed by atoms with E-state index in [1.165, 1.54) is 4.90 Å². The average Bonchev–Trinajstić information content (AvgIpc) is 2.58. The van der Waals surface area contributed by atoms with Crippen LogP contribution in [0.2, 0.25) is 5.02 Å². The predicted octanol–water partition coefficient (Wildman–Crippen LogP) is 3.89. The minimum atomic E-state index is -1.04. The van der Waals surface area contributed by atoms with Gasteiger partial charge in [-0.2, -0.15) is 0 Å². The lowest BCUT2D eigenvalue weighted by molar-refractivity contribution is -0.132. The van der Waals surface area contributed by atoms with E-state index < -0.39 is 5.60 Å². The third-order valence-corrected chi connectivity index (χ3v) is 4.56. The normalized spacial score (nSPS) is 15.1. The third kappa shape index (κ3) is 4.01. The highest BCUT2D eigenvalue weighted by atomic mass is 35.5. The van der Waals surface area contributed by atoms with E-state index >= 15 is 0 Å². The topological polar surface area (TPSA) is 78.9 Å². The van der Waals surface area contributed by atoms with Crippen LogP contribution >= 0.6 is 11.6 Å². The molecule has 1 aliphatic rings. The molecule has 0 aliphatic carbocycles. The second-order valence-corrected chi connectivity index (χ2v) is 7.44. The van der Waals surface area contributed by atoms with Gasteiger partial charge in [-0.15, -0.1) is 0 Å². The number of benzene rings is 2. The summed E-state index contributed by atoms with van der Waals surface area (Å²) in [6.45, 7) is 5.38. The lowest BCUT2D eigenvalue weighted by Gasteiger charge is -2.38. The Balaban J connectivity index is 1.75. The number of fused-ring (bicyclic) bond motifs is 1. The van der Waals surface area contributed by atoms with Gasteiger partial charge in [0.2, 0.25) is 5.91 Å². The number of hydrogen-bond acceptors (Lipinski definition) is 4. The number of halogens is 1. The number of nitrogens with one attached hydrogen (secondary N) is 1. The number of phenolic OH excluding ortho intramolecular Hbond substituents is 1. The van der Waals surface area contributed by atoms with Crippen molar-refractivity contribution >= 4 is 34.8 Å². The van der Waals surface area contributed by atoms with Crippen LogP contribution < -0.4 is 15.0 Å². The van der Waals surface area contributed by atoms with Crippen molar-refractivity contribution in [2.75, 3.05) is 16.8 Å². The molecule has 0 saturated carbocycles. The van der Waals surface area contributed by atoms with Crippen molar-refractivity contribution in [3.63, 3.8) is 0 Å². The zero-order chi connectivity index (χ0) is 19.8. The lowest BCUT2D eigenvalue weighted by Crippen LogP contribution is -2.53. The van der Waals surface area contributed by atoms with E-state index in [1.807, 2.05) is 6.92 Å². The Morgan fingerprint density at radius 2 is 2.00 bits per heavy atom. The maximum atomic E-state index is 12.8. The SMILES string of the molecule is Cc1ccc(NC(=O)CCN2C(=O)C(C)(C)Oc3ccc(Cl)cc32)c(O)c1. The van der Waals surface area contributed by atoms with Gasteiger partial charge in [0, 0.05) is 18.0 Å². The van der Waals surface area contributed by atoms with Crippen LogP contribution in [0.3, 0.4) is 0 Å². The van der Waals surface area contributed by atoms with Gasteiger partial charge in [0.05, 0.1) is 11.4 Å². The summed E-state index contributed by atoms with van der Waals surface area (Å²) in [7, 11) is 0. The van der Waals surface area contributed by atoms with Crippen molar-refractivity contribution in [3.05, 3.63) is 47.0 Å². The van der Waals surface area contributed by atoms with Crippen LogP contribution in [0.5, 0.6) is 11.5 Å². The number of hydrogen-bond donors (Lipinski definition) is 2. The molecule has 1 aliphatic heterocycles. The van der Waals surface area contributed by atoms with Gasteiger partial charge in [0.25, 0.3) is 5.91 Å². The van der Waals surface area contributed by atoms with Gasteiger partial charge in [0.15, 0.2) is 5.60 Å². The van der Waals surface area contributed by atoms with Gasteiger partial charge in [-0.05, 0) is 56.7 Å². The third-order valence-electron chi connectivity index (χ3n) is 4.33. The van der Waals surface area contributed by atoms with E-state index in [-0.39, 0.29) is 30.5 Å². The first kappa shape index (κ1) is 19.0. The van der Waals surface area contributed by atoms with E-state index in [0.29, 0.717) is 22.1 Å². The number of phenols is 1. The van der Waals surface area contributed by atoms with Crippen molar-refractivity contribution in [1.82, 2.24) is 0 Å². The highest BCUT2D eigenvalue weighted by Crippen LogP contribution is 2.39. The first-order valence-corrected chi connectivity index (χ1v) is 8.95. The van der Waals surface area contributed by atoms with Gasteiger partial charge < -0.3 is 20.1 Å². The summed E-state index contributed by atoms with van der Waals surface area (Å²) < 4.78 is 5.76. The van der Waals surface area contributed by atoms with Gasteiger partial charge in [-0.1, -0.05) is 17.7 Å². The predicted molar refractivity (Wildman–Crippen MR) is 105 cm³/mol. The largest absolute Gasteiger partial charge is 0.506 e. The second-order valence-electron chi connectivity index (χ2n) is 7.00. The minimum absolute atomic E-state index is 0.00376. The lowest BCUT2D eigenvalue weighted by atomic mass is 10.0.